The van der Waals surface area contributed by atoms with Crippen LogP contribution in [0.2, 0.25) is 0 Å². The van der Waals surface area contributed by atoms with Gasteiger partial charge in [0.2, 0.25) is 10.0 Å². The minimum absolute atomic E-state index is 0.101. The fourth-order valence-electron chi connectivity index (χ4n) is 1.40. The Labute approximate surface area is 117 Å². The molecule has 0 aliphatic heterocycles. The van der Waals surface area contributed by atoms with Crippen molar-refractivity contribution in [2.75, 3.05) is 6.54 Å². The summed E-state index contributed by atoms with van der Waals surface area (Å²) in [6.07, 6.45) is 0. The second kappa shape index (κ2) is 5.69. The maximum absolute atomic E-state index is 12.3. The van der Waals surface area contributed by atoms with E-state index >= 15 is 0 Å². The molecule has 1 rings (SSSR count). The van der Waals surface area contributed by atoms with Crippen molar-refractivity contribution in [3.05, 3.63) is 28.7 Å². The van der Waals surface area contributed by atoms with Gasteiger partial charge in [-0.15, -0.1) is 0 Å². The summed E-state index contributed by atoms with van der Waals surface area (Å²) < 4.78 is 28.0. The molecule has 3 N–H and O–H groups in total. The van der Waals surface area contributed by atoms with Crippen molar-refractivity contribution in [1.82, 2.24) is 4.72 Å². The van der Waals surface area contributed by atoms with Crippen molar-refractivity contribution in [2.24, 2.45) is 11.7 Å². The highest BCUT2D eigenvalue weighted by atomic mass is 79.9. The van der Waals surface area contributed by atoms with E-state index in [2.05, 4.69) is 20.7 Å². The quantitative estimate of drug-likeness (QED) is 0.866. The van der Waals surface area contributed by atoms with Crippen LogP contribution in [0.1, 0.15) is 20.8 Å². The van der Waals surface area contributed by atoms with Gasteiger partial charge < -0.3 is 5.73 Å². The summed E-state index contributed by atoms with van der Waals surface area (Å²) in [5.74, 6) is 0.101. The Morgan fingerprint density at radius 3 is 2.50 bits per heavy atom. The molecular weight excluding hydrogens is 316 g/mol. The van der Waals surface area contributed by atoms with Crippen molar-refractivity contribution in [1.29, 1.82) is 0 Å². The van der Waals surface area contributed by atoms with Crippen LogP contribution >= 0.6 is 15.9 Å². The fraction of sp³-hybridized carbons (Fsp3) is 0.500. The lowest BCUT2D eigenvalue weighted by atomic mass is 9.90. The first-order valence-electron chi connectivity index (χ1n) is 5.71. The number of benzene rings is 1. The normalized spacial score (nSPS) is 15.7. The summed E-state index contributed by atoms with van der Waals surface area (Å²) in [6, 6.07) is 6.60. The maximum atomic E-state index is 12.3. The monoisotopic (exact) mass is 334 g/mol. The molecule has 4 nitrogen and oxygen atoms in total. The standard InChI is InChI=1S/C12H19BrN2O2S/c1-9(2)12(3,8-14)15-18(16,17)11-6-4-5-10(13)7-11/h4-7,9,15H,8,14H2,1-3H3. The summed E-state index contributed by atoms with van der Waals surface area (Å²) in [6.45, 7) is 5.94. The van der Waals surface area contributed by atoms with Crippen molar-refractivity contribution >= 4 is 26.0 Å². The van der Waals surface area contributed by atoms with Crippen LogP contribution in [0.25, 0.3) is 0 Å². The number of nitrogens with two attached hydrogens (primary N) is 1. The van der Waals surface area contributed by atoms with Gasteiger partial charge in [-0.25, -0.2) is 13.1 Å². The Hall–Kier alpha value is -0.430. The van der Waals surface area contributed by atoms with Gasteiger partial charge in [0, 0.05) is 16.6 Å². The number of nitrogens with one attached hydrogen (secondary N) is 1. The molecule has 0 spiro atoms. The number of hydrogen-bond donors (Lipinski definition) is 2. The smallest absolute Gasteiger partial charge is 0.241 e. The summed E-state index contributed by atoms with van der Waals surface area (Å²) in [7, 11) is -3.56. The Morgan fingerprint density at radius 2 is 2.06 bits per heavy atom. The molecule has 1 atom stereocenters. The summed E-state index contributed by atoms with van der Waals surface area (Å²) in [5.41, 5.74) is 5.04. The SMILES string of the molecule is CC(C)C(C)(CN)NS(=O)(=O)c1cccc(Br)c1. The van der Waals surface area contributed by atoms with E-state index in [0.29, 0.717) is 0 Å². The highest BCUT2D eigenvalue weighted by Crippen LogP contribution is 2.21. The lowest BCUT2D eigenvalue weighted by Crippen LogP contribution is -2.54. The molecule has 0 radical (unpaired) electrons. The van der Waals surface area contributed by atoms with E-state index in [0.717, 1.165) is 4.47 Å². The highest BCUT2D eigenvalue weighted by molar-refractivity contribution is 9.10. The van der Waals surface area contributed by atoms with Gasteiger partial charge in [0.1, 0.15) is 0 Å². The molecule has 0 amide bonds. The zero-order chi connectivity index (χ0) is 14.0. The molecule has 0 heterocycles. The second-order valence-electron chi connectivity index (χ2n) is 4.84. The minimum Gasteiger partial charge on any atom is -0.329 e. The fourth-order valence-corrected chi connectivity index (χ4v) is 3.54. The van der Waals surface area contributed by atoms with Crippen LogP contribution in [-0.2, 0) is 10.0 Å². The van der Waals surface area contributed by atoms with Crippen molar-refractivity contribution in [3.63, 3.8) is 0 Å². The molecule has 1 unspecified atom stereocenters. The van der Waals surface area contributed by atoms with E-state index in [1.54, 1.807) is 24.3 Å². The van der Waals surface area contributed by atoms with Crippen molar-refractivity contribution in [3.8, 4) is 0 Å². The maximum Gasteiger partial charge on any atom is 0.241 e. The third kappa shape index (κ3) is 3.54. The first-order chi connectivity index (χ1) is 8.21. The van der Waals surface area contributed by atoms with Crippen LogP contribution in [0.5, 0.6) is 0 Å². The largest absolute Gasteiger partial charge is 0.329 e. The molecule has 102 valence electrons. The van der Waals surface area contributed by atoms with Gasteiger partial charge in [0.05, 0.1) is 4.90 Å². The zero-order valence-electron chi connectivity index (χ0n) is 10.8. The van der Waals surface area contributed by atoms with Crippen LogP contribution in [0, 0.1) is 5.92 Å². The number of sulfonamides is 1. The lowest BCUT2D eigenvalue weighted by Gasteiger charge is -2.33. The number of hydrogen-bond acceptors (Lipinski definition) is 3. The molecule has 0 aliphatic rings. The molecule has 18 heavy (non-hydrogen) atoms. The predicted molar refractivity (Wildman–Crippen MR) is 76.8 cm³/mol. The predicted octanol–water partition coefficient (Wildman–Crippen LogP) is 2.10. The Balaban J connectivity index is 3.09. The van der Waals surface area contributed by atoms with E-state index in [1.165, 1.54) is 0 Å². The first-order valence-corrected chi connectivity index (χ1v) is 7.98. The summed E-state index contributed by atoms with van der Waals surface area (Å²) in [4.78, 5) is 0.234. The third-order valence-corrected chi connectivity index (χ3v) is 5.28. The molecule has 0 saturated heterocycles. The van der Waals surface area contributed by atoms with Crippen molar-refractivity contribution < 1.29 is 8.42 Å². The van der Waals surface area contributed by atoms with E-state index in [9.17, 15) is 8.42 Å². The number of rotatable bonds is 5. The molecule has 0 saturated carbocycles. The van der Waals surface area contributed by atoms with Crippen LogP contribution in [0.15, 0.2) is 33.6 Å². The average Bonchev–Trinajstić information content (AvgIpc) is 2.28. The summed E-state index contributed by atoms with van der Waals surface area (Å²) >= 11 is 3.26. The van der Waals surface area contributed by atoms with Gasteiger partial charge in [-0.2, -0.15) is 0 Å². The molecule has 6 heteroatoms. The average molecular weight is 335 g/mol. The second-order valence-corrected chi connectivity index (χ2v) is 7.44. The van der Waals surface area contributed by atoms with Crippen LogP contribution in [0.4, 0.5) is 0 Å². The third-order valence-electron chi connectivity index (χ3n) is 3.17. The van der Waals surface area contributed by atoms with Crippen LogP contribution in [0.3, 0.4) is 0 Å². The molecule has 0 bridgehead atoms. The summed E-state index contributed by atoms with van der Waals surface area (Å²) in [5, 5.41) is 0. The Kier molecular flexibility index (Phi) is 4.94. The molecule has 0 fully saturated rings. The van der Waals surface area contributed by atoms with E-state index < -0.39 is 15.6 Å². The van der Waals surface area contributed by atoms with Crippen LogP contribution < -0.4 is 10.5 Å². The van der Waals surface area contributed by atoms with E-state index in [1.807, 2.05) is 20.8 Å². The zero-order valence-corrected chi connectivity index (χ0v) is 13.2. The molecule has 0 aromatic heterocycles. The van der Waals surface area contributed by atoms with Crippen LogP contribution in [-0.4, -0.2) is 20.5 Å². The molecule has 1 aromatic carbocycles. The van der Waals surface area contributed by atoms with Crippen molar-refractivity contribution in [2.45, 2.75) is 31.2 Å². The number of halogens is 1. The van der Waals surface area contributed by atoms with Gasteiger partial charge in [-0.05, 0) is 31.0 Å². The van der Waals surface area contributed by atoms with Gasteiger partial charge in [-0.3, -0.25) is 0 Å². The first kappa shape index (κ1) is 15.6. The van der Waals surface area contributed by atoms with E-state index in [-0.39, 0.29) is 17.4 Å². The van der Waals surface area contributed by atoms with E-state index in [4.69, 9.17) is 5.73 Å². The van der Waals surface area contributed by atoms with Gasteiger partial charge in [-0.1, -0.05) is 35.8 Å². The molecule has 1 aromatic rings. The van der Waals surface area contributed by atoms with Gasteiger partial charge in [0.15, 0.2) is 0 Å². The van der Waals surface area contributed by atoms with Gasteiger partial charge in [0.25, 0.3) is 0 Å². The van der Waals surface area contributed by atoms with Gasteiger partial charge >= 0.3 is 0 Å². The molecule has 0 aliphatic carbocycles. The topological polar surface area (TPSA) is 72.2 Å². The molecular formula is C12H19BrN2O2S. The Morgan fingerprint density at radius 1 is 1.44 bits per heavy atom. The Bertz CT molecular complexity index is 517. The highest BCUT2D eigenvalue weighted by Gasteiger charge is 2.32. The lowest BCUT2D eigenvalue weighted by molar-refractivity contribution is 0.315. The minimum atomic E-state index is -3.56.